The average Bonchev–Trinajstić information content (AvgIpc) is 1.25. The fourth-order valence-corrected chi connectivity index (χ4v) is 0. The van der Waals surface area contributed by atoms with Gasteiger partial charge in [0, 0.05) is 0 Å². The Labute approximate surface area is 81.1 Å². The van der Waals surface area contributed by atoms with Crippen LogP contribution < -0.4 is 0 Å². The molecule has 0 amide bonds. The monoisotopic (exact) mass is 336 g/mol. The van der Waals surface area contributed by atoms with Crippen molar-refractivity contribution in [3.05, 3.63) is 0 Å². The summed E-state index contributed by atoms with van der Waals surface area (Å²) in [5.74, 6) is 6.58. The molecule has 8 heavy (non-hydrogen) atoms. The summed E-state index contributed by atoms with van der Waals surface area (Å²) >= 11 is 9.74. The molecule has 0 saturated heterocycles. The topological polar surface area (TPSA) is 0 Å². The molecule has 0 aromatic heterocycles. The highest BCUT2D eigenvalue weighted by molar-refractivity contribution is 9.49. The lowest BCUT2D eigenvalue weighted by Crippen LogP contribution is -1.77. The molecule has 0 aromatic carbocycles. The Bertz CT molecular complexity index is 28.0. The molecule has 0 rings (SSSR count). The van der Waals surface area contributed by atoms with Gasteiger partial charge in [0.15, 0.2) is 0 Å². The first-order valence-electron chi connectivity index (χ1n) is 2.39. The molecule has 0 heterocycles. The Balaban J connectivity index is 0. The van der Waals surface area contributed by atoms with Crippen LogP contribution in [-0.4, -0.2) is 22.8 Å². The van der Waals surface area contributed by atoms with Gasteiger partial charge >= 0.3 is 22.8 Å². The minimum atomic E-state index is -0.514. The smallest absolute Gasteiger partial charge is 0.217 e. The van der Waals surface area contributed by atoms with Crippen LogP contribution in [0.15, 0.2) is 0 Å². The van der Waals surface area contributed by atoms with Gasteiger partial charge in [-0.1, -0.05) is 17.4 Å². The summed E-state index contributed by atoms with van der Waals surface area (Å²) in [6.45, 7) is 0. The first kappa shape index (κ1) is 13.1. The van der Waals surface area contributed by atoms with E-state index in [4.69, 9.17) is 0 Å². The molecular weight excluding hydrogens is 330 g/mol. The Kier molecular flexibility index (Phi) is 15.6. The lowest BCUT2D eigenvalue weighted by atomic mass is 11.9. The van der Waals surface area contributed by atoms with Gasteiger partial charge in [-0.3, -0.25) is 0 Å². The van der Waals surface area contributed by atoms with Crippen molar-refractivity contribution in [2.75, 3.05) is 0 Å². The van der Waals surface area contributed by atoms with Crippen LogP contribution in [-0.2, 0) is 0 Å². The highest BCUT2D eigenvalue weighted by Crippen LogP contribution is 1.97. The summed E-state index contributed by atoms with van der Waals surface area (Å²) in [5, 5.41) is 0. The van der Waals surface area contributed by atoms with Crippen molar-refractivity contribution in [3.8, 4) is 0 Å². The van der Waals surface area contributed by atoms with E-state index in [1.165, 1.54) is 0 Å². The highest BCUT2D eigenvalue weighted by atomic mass is 79.9. The van der Waals surface area contributed by atoms with Crippen LogP contribution in [0, 0.1) is 0 Å². The number of hydrogen-bond donors (Lipinski definition) is 0. The minimum Gasteiger partial charge on any atom is -0.217 e. The van der Waals surface area contributed by atoms with E-state index in [1.807, 2.05) is 0 Å². The van der Waals surface area contributed by atoms with Gasteiger partial charge in [-0.2, -0.15) is 28.1 Å². The molecule has 0 nitrogen and oxygen atoms in total. The summed E-state index contributed by atoms with van der Waals surface area (Å²) in [4.78, 5) is 0. The Morgan fingerprint density at radius 3 is 0.875 bits per heavy atom. The van der Waals surface area contributed by atoms with E-state index in [0.29, 0.717) is 0 Å². The van der Waals surface area contributed by atoms with E-state index in [1.54, 1.807) is 0 Å². The fourth-order valence-electron chi connectivity index (χ4n) is 0. The number of hydrogen-bond acceptors (Lipinski definition) is 0. The van der Waals surface area contributed by atoms with Crippen molar-refractivity contribution in [1.29, 1.82) is 0 Å². The van der Waals surface area contributed by atoms with E-state index in [9.17, 15) is 0 Å². The van der Waals surface area contributed by atoms with Crippen molar-refractivity contribution in [2.24, 2.45) is 0 Å². The third-order valence-corrected chi connectivity index (χ3v) is 0. The second-order valence-electron chi connectivity index (χ2n) is 1.53. The van der Waals surface area contributed by atoms with Gasteiger partial charge in [-0.25, -0.2) is 14.1 Å². The fraction of sp³-hybridized carbons (Fsp3) is 1.00. The van der Waals surface area contributed by atoms with E-state index in [2.05, 4.69) is 59.5 Å². The largest absolute Gasteiger partial charge is 0.453 e. The molecule has 0 fully saturated rings. The first-order chi connectivity index (χ1) is 3.46. The molecule has 0 aliphatic heterocycles. The van der Waals surface area contributed by atoms with Crippen molar-refractivity contribution in [2.45, 2.75) is 17.4 Å². The second-order valence-corrected chi connectivity index (χ2v) is 22.0. The van der Waals surface area contributed by atoms with E-state index in [-0.39, 0.29) is 12.3 Å². The molecule has 5 heteroatoms. The lowest BCUT2D eigenvalue weighted by Gasteiger charge is -1.64. The van der Waals surface area contributed by atoms with Crippen molar-refractivity contribution < 1.29 is 0 Å². The molecule has 0 spiro atoms. The predicted octanol–water partition coefficient (Wildman–Crippen LogP) is 3.53. The van der Waals surface area contributed by atoms with E-state index >= 15 is 0 Å². The molecular formula is C3H9Al2Br3. The molecule has 0 saturated carbocycles. The standard InChI is InChI=1S/3CH3.2Al.3BrH/h3*1H3;;;3*1H/q;;;+1;+2;;;/p-3. The van der Waals surface area contributed by atoms with Gasteiger partial charge in [0.25, 0.3) is 0 Å². The number of rotatable bonds is 0. The molecule has 0 N–H and O–H groups in total. The highest BCUT2D eigenvalue weighted by Gasteiger charge is 1.91. The van der Waals surface area contributed by atoms with Crippen LogP contribution in [0.1, 0.15) is 0 Å². The quantitative estimate of drug-likeness (QED) is 0.593. The van der Waals surface area contributed by atoms with E-state index in [0.717, 1.165) is 0 Å². The number of halogens is 3. The van der Waals surface area contributed by atoms with Gasteiger partial charge in [-0.05, 0) is 0 Å². The van der Waals surface area contributed by atoms with E-state index < -0.39 is 10.5 Å². The maximum absolute atomic E-state index is 3.41. The Hall–Kier alpha value is 2.50. The second kappa shape index (κ2) is 9.50. The average molecular weight is 339 g/mol. The van der Waals surface area contributed by atoms with Gasteiger partial charge in [0.2, 0.25) is 0 Å². The summed E-state index contributed by atoms with van der Waals surface area (Å²) in [7, 11) is -0.514. The third kappa shape index (κ3) is 76.3. The van der Waals surface area contributed by atoms with Gasteiger partial charge in [-0.15, -0.1) is 0 Å². The molecule has 0 aliphatic carbocycles. The summed E-state index contributed by atoms with van der Waals surface area (Å²) in [5.41, 5.74) is 0. The molecule has 0 aromatic rings. The molecule has 0 bridgehead atoms. The molecule has 0 radical (unpaired) electrons. The normalized spacial score (nSPS) is 6.75. The first-order valence-corrected chi connectivity index (χ1v) is 15.4. The Morgan fingerprint density at radius 1 is 0.875 bits per heavy atom. The minimum absolute atomic E-state index is 0.326. The third-order valence-electron chi connectivity index (χ3n) is 0. The zero-order valence-corrected chi connectivity index (χ0v) is 12.4. The molecule has 0 aliphatic rings. The zero-order chi connectivity index (χ0) is 7.15. The maximum Gasteiger partial charge on any atom is 0.453 e. The summed E-state index contributed by atoms with van der Waals surface area (Å²) in [6.07, 6.45) is 0. The van der Waals surface area contributed by atoms with Crippen molar-refractivity contribution >= 4 is 65.0 Å². The molecule has 0 atom stereocenters. The van der Waals surface area contributed by atoms with Crippen molar-refractivity contribution in [1.82, 2.24) is 0 Å². The van der Waals surface area contributed by atoms with Crippen LogP contribution in [0.3, 0.4) is 0 Å². The zero-order valence-electron chi connectivity index (χ0n) is 5.29. The Morgan fingerprint density at radius 2 is 0.875 bits per heavy atom. The van der Waals surface area contributed by atoms with Gasteiger partial charge < -0.3 is 0 Å². The summed E-state index contributed by atoms with van der Waals surface area (Å²) in [6, 6.07) is 0. The summed E-state index contributed by atoms with van der Waals surface area (Å²) < 4.78 is 0. The van der Waals surface area contributed by atoms with Crippen LogP contribution in [0.2, 0.25) is 17.4 Å². The van der Waals surface area contributed by atoms with Crippen LogP contribution in [0.25, 0.3) is 0 Å². The maximum atomic E-state index is 3.41. The molecule has 0 unspecified atom stereocenters. The van der Waals surface area contributed by atoms with Crippen LogP contribution in [0.5, 0.6) is 0 Å². The molecule has 48 valence electrons. The van der Waals surface area contributed by atoms with Gasteiger partial charge in [0.1, 0.15) is 0 Å². The van der Waals surface area contributed by atoms with Crippen LogP contribution >= 0.6 is 42.2 Å². The SMILES string of the molecule is [CH3][Al]([Br])[Br].[CH3][Al]([CH3])[Br]. The van der Waals surface area contributed by atoms with Gasteiger partial charge in [0.05, 0.1) is 0 Å². The van der Waals surface area contributed by atoms with Crippen LogP contribution in [0.4, 0.5) is 0 Å². The predicted molar refractivity (Wildman–Crippen MR) is 55.9 cm³/mol. The lowest BCUT2D eigenvalue weighted by molar-refractivity contribution is 2.12. The van der Waals surface area contributed by atoms with Crippen molar-refractivity contribution in [3.63, 3.8) is 0 Å².